The lowest BCUT2D eigenvalue weighted by molar-refractivity contribution is 0.0953. The van der Waals surface area contributed by atoms with Gasteiger partial charge in [0.05, 0.1) is 11.1 Å². The van der Waals surface area contributed by atoms with E-state index in [1.807, 2.05) is 24.3 Å². The van der Waals surface area contributed by atoms with E-state index in [2.05, 4.69) is 15.3 Å². The van der Waals surface area contributed by atoms with Gasteiger partial charge < -0.3 is 5.32 Å². The number of nitrogens with one attached hydrogen (secondary N) is 1. The normalized spacial score (nSPS) is 9.63. The lowest BCUT2D eigenvalue weighted by atomic mass is 10.1. The van der Waals surface area contributed by atoms with Crippen molar-refractivity contribution in [2.45, 2.75) is 6.42 Å². The quantitative estimate of drug-likeness (QED) is 0.890. The minimum atomic E-state index is -0.291. The van der Waals surface area contributed by atoms with Gasteiger partial charge in [0.15, 0.2) is 0 Å². The van der Waals surface area contributed by atoms with Crippen LogP contribution >= 0.6 is 0 Å². The number of hydrogen-bond acceptors (Lipinski definition) is 4. The van der Waals surface area contributed by atoms with Crippen molar-refractivity contribution in [3.63, 3.8) is 0 Å². The summed E-state index contributed by atoms with van der Waals surface area (Å²) in [7, 11) is 0. The van der Waals surface area contributed by atoms with E-state index >= 15 is 0 Å². The summed E-state index contributed by atoms with van der Waals surface area (Å²) in [6, 6.07) is 9.14. The summed E-state index contributed by atoms with van der Waals surface area (Å²) < 4.78 is 0. The predicted octanol–water partition coefficient (Wildman–Crippen LogP) is 1.32. The first-order valence-corrected chi connectivity index (χ1v) is 5.83. The first-order valence-electron chi connectivity index (χ1n) is 5.83. The molecule has 2 heterocycles. The van der Waals surface area contributed by atoms with Crippen molar-refractivity contribution < 1.29 is 4.79 Å². The molecule has 0 fully saturated rings. The van der Waals surface area contributed by atoms with Crippen LogP contribution in [0, 0.1) is 11.3 Å². The van der Waals surface area contributed by atoms with Crippen molar-refractivity contribution in [3.05, 3.63) is 59.7 Å². The smallest absolute Gasteiger partial charge is 0.254 e. The third-order valence-electron chi connectivity index (χ3n) is 2.58. The van der Waals surface area contributed by atoms with Crippen molar-refractivity contribution in [2.75, 3.05) is 6.54 Å². The summed E-state index contributed by atoms with van der Waals surface area (Å²) in [5.74, 6) is -0.291. The molecule has 0 aliphatic rings. The Morgan fingerprint density at radius 3 is 2.95 bits per heavy atom. The molecule has 0 radical (unpaired) electrons. The van der Waals surface area contributed by atoms with Crippen LogP contribution in [0.1, 0.15) is 21.6 Å². The fraction of sp³-hybridized carbons (Fsp3) is 0.143. The molecule has 0 aliphatic carbocycles. The second kappa shape index (κ2) is 6.26. The second-order valence-electron chi connectivity index (χ2n) is 3.86. The molecule has 94 valence electrons. The lowest BCUT2D eigenvalue weighted by Gasteiger charge is -2.05. The fourth-order valence-corrected chi connectivity index (χ4v) is 1.62. The molecule has 0 aliphatic heterocycles. The van der Waals surface area contributed by atoms with Gasteiger partial charge >= 0.3 is 0 Å². The van der Waals surface area contributed by atoms with Crippen LogP contribution in [-0.4, -0.2) is 22.4 Å². The van der Waals surface area contributed by atoms with Crippen LogP contribution in [-0.2, 0) is 6.42 Å². The molecule has 1 N–H and O–H groups in total. The Morgan fingerprint density at radius 1 is 1.32 bits per heavy atom. The summed E-state index contributed by atoms with van der Waals surface area (Å²) in [6.45, 7) is 0.468. The average Bonchev–Trinajstić information content (AvgIpc) is 2.48. The van der Waals surface area contributed by atoms with E-state index in [1.54, 1.807) is 6.20 Å². The van der Waals surface area contributed by atoms with Gasteiger partial charge in [-0.05, 0) is 18.2 Å². The number of nitrogens with zero attached hydrogens (tertiary/aromatic N) is 3. The maximum atomic E-state index is 11.9. The number of nitriles is 1. The Bertz CT molecular complexity index is 604. The van der Waals surface area contributed by atoms with Crippen LogP contribution in [0.4, 0.5) is 0 Å². The molecule has 1 amide bonds. The molecule has 5 heteroatoms. The fourth-order valence-electron chi connectivity index (χ4n) is 1.62. The monoisotopic (exact) mass is 252 g/mol. The first kappa shape index (κ1) is 12.7. The maximum Gasteiger partial charge on any atom is 0.254 e. The van der Waals surface area contributed by atoms with E-state index in [0.717, 1.165) is 5.69 Å². The zero-order valence-electron chi connectivity index (χ0n) is 10.2. The highest BCUT2D eigenvalue weighted by Crippen LogP contribution is 2.04. The summed E-state index contributed by atoms with van der Waals surface area (Å²) >= 11 is 0. The Hall–Kier alpha value is -2.74. The Balaban J connectivity index is 1.93. The third kappa shape index (κ3) is 3.36. The molecule has 2 rings (SSSR count). The first-order chi connectivity index (χ1) is 9.31. The van der Waals surface area contributed by atoms with Gasteiger partial charge in [-0.25, -0.2) is 0 Å². The van der Waals surface area contributed by atoms with Gasteiger partial charge in [0.25, 0.3) is 5.91 Å². The van der Waals surface area contributed by atoms with Gasteiger partial charge in [-0.1, -0.05) is 6.07 Å². The van der Waals surface area contributed by atoms with Crippen molar-refractivity contribution in [1.29, 1.82) is 5.26 Å². The number of aromatic nitrogens is 2. The second-order valence-corrected chi connectivity index (χ2v) is 3.86. The minimum Gasteiger partial charge on any atom is -0.352 e. The SMILES string of the molecule is N#Cc1ccncc1C(=O)NCCc1ccccn1. The number of carbonyl (C=O) groups is 1. The summed E-state index contributed by atoms with van der Waals surface area (Å²) in [6.07, 6.45) is 5.25. The van der Waals surface area contributed by atoms with Crippen LogP contribution in [0.2, 0.25) is 0 Å². The van der Waals surface area contributed by atoms with Crippen molar-refractivity contribution in [2.24, 2.45) is 0 Å². The average molecular weight is 252 g/mol. The molecule has 2 aromatic rings. The van der Waals surface area contributed by atoms with Crippen molar-refractivity contribution in [3.8, 4) is 6.07 Å². The highest BCUT2D eigenvalue weighted by atomic mass is 16.1. The molecule has 0 bridgehead atoms. The zero-order valence-corrected chi connectivity index (χ0v) is 10.2. The van der Waals surface area contributed by atoms with Crippen LogP contribution < -0.4 is 5.32 Å². The summed E-state index contributed by atoms with van der Waals surface area (Å²) in [4.78, 5) is 19.9. The standard InChI is InChI=1S/C14H12N4O/c15-9-11-4-7-16-10-13(11)14(19)18-8-5-12-3-1-2-6-17-12/h1-4,6-7,10H,5,8H2,(H,18,19). The van der Waals surface area contributed by atoms with Crippen LogP contribution in [0.3, 0.4) is 0 Å². The third-order valence-corrected chi connectivity index (χ3v) is 2.58. The van der Waals surface area contributed by atoms with E-state index in [-0.39, 0.29) is 5.91 Å². The number of rotatable bonds is 4. The van der Waals surface area contributed by atoms with Crippen LogP contribution in [0.5, 0.6) is 0 Å². The largest absolute Gasteiger partial charge is 0.352 e. The highest BCUT2D eigenvalue weighted by Gasteiger charge is 2.10. The number of carbonyl (C=O) groups excluding carboxylic acids is 1. The molecule has 2 aromatic heterocycles. The number of pyridine rings is 2. The van der Waals surface area contributed by atoms with Crippen molar-refractivity contribution >= 4 is 5.91 Å². The van der Waals surface area contributed by atoms with E-state index in [1.165, 1.54) is 18.5 Å². The molecule has 5 nitrogen and oxygen atoms in total. The molecule has 0 saturated carbocycles. The van der Waals surface area contributed by atoms with Crippen LogP contribution in [0.25, 0.3) is 0 Å². The van der Waals surface area contributed by atoms with Crippen molar-refractivity contribution in [1.82, 2.24) is 15.3 Å². The Morgan fingerprint density at radius 2 is 2.21 bits per heavy atom. The van der Waals surface area contributed by atoms with E-state index in [4.69, 9.17) is 5.26 Å². The van der Waals surface area contributed by atoms with Gasteiger partial charge in [-0.2, -0.15) is 5.26 Å². The number of amides is 1. The molecule has 19 heavy (non-hydrogen) atoms. The van der Waals surface area contributed by atoms with Gasteiger partial charge in [-0.3, -0.25) is 14.8 Å². The summed E-state index contributed by atoms with van der Waals surface area (Å²) in [5.41, 5.74) is 1.53. The Kier molecular flexibility index (Phi) is 4.19. The minimum absolute atomic E-state index is 0.291. The molecular formula is C14H12N4O. The van der Waals surface area contributed by atoms with E-state index in [9.17, 15) is 4.79 Å². The van der Waals surface area contributed by atoms with Gasteiger partial charge in [0.1, 0.15) is 6.07 Å². The highest BCUT2D eigenvalue weighted by molar-refractivity contribution is 5.96. The topological polar surface area (TPSA) is 78.7 Å². The molecular weight excluding hydrogens is 240 g/mol. The van der Waals surface area contributed by atoms with E-state index < -0.39 is 0 Å². The molecule has 0 saturated heterocycles. The molecule has 0 aromatic carbocycles. The summed E-state index contributed by atoms with van der Waals surface area (Å²) in [5, 5.41) is 11.7. The maximum absolute atomic E-state index is 11.9. The predicted molar refractivity (Wildman–Crippen MR) is 69.2 cm³/mol. The number of hydrogen-bond donors (Lipinski definition) is 1. The lowest BCUT2D eigenvalue weighted by Crippen LogP contribution is -2.26. The molecule has 0 unspecified atom stereocenters. The van der Waals surface area contributed by atoms with Gasteiger partial charge in [0.2, 0.25) is 0 Å². The van der Waals surface area contributed by atoms with Gasteiger partial charge in [0, 0.05) is 37.3 Å². The molecule has 0 spiro atoms. The Labute approximate surface area is 110 Å². The van der Waals surface area contributed by atoms with Gasteiger partial charge in [-0.15, -0.1) is 0 Å². The molecule has 0 atom stereocenters. The van der Waals surface area contributed by atoms with Crippen LogP contribution in [0.15, 0.2) is 42.9 Å². The van der Waals surface area contributed by atoms with E-state index in [0.29, 0.717) is 24.1 Å². The zero-order chi connectivity index (χ0) is 13.5.